The van der Waals surface area contributed by atoms with Gasteiger partial charge in [0.05, 0.1) is 6.10 Å². The maximum atomic E-state index is 12.1. The Labute approximate surface area is 142 Å². The SMILES string of the molecule is O=C(NCC1CCCO1)Nc1ccccc1COc1ccccc1. The van der Waals surface area contributed by atoms with Gasteiger partial charge in [-0.2, -0.15) is 0 Å². The first-order valence-corrected chi connectivity index (χ1v) is 8.23. The van der Waals surface area contributed by atoms with E-state index in [0.717, 1.165) is 36.4 Å². The molecule has 1 heterocycles. The molecule has 24 heavy (non-hydrogen) atoms. The van der Waals surface area contributed by atoms with Crippen LogP contribution in [-0.4, -0.2) is 25.3 Å². The number of anilines is 1. The van der Waals surface area contributed by atoms with Crippen LogP contribution in [0.3, 0.4) is 0 Å². The second kappa shape index (κ2) is 8.36. The lowest BCUT2D eigenvalue weighted by Crippen LogP contribution is -2.35. The number of nitrogens with one attached hydrogen (secondary N) is 2. The standard InChI is InChI=1S/C19H22N2O3/c22-19(20-13-17-10-6-12-23-17)21-18-11-5-4-7-15(18)14-24-16-8-2-1-3-9-16/h1-5,7-9,11,17H,6,10,12-14H2,(H2,20,21,22). The minimum Gasteiger partial charge on any atom is -0.489 e. The Morgan fingerprint density at radius 2 is 1.92 bits per heavy atom. The van der Waals surface area contributed by atoms with Crippen molar-refractivity contribution in [1.29, 1.82) is 0 Å². The Kier molecular flexibility index (Phi) is 5.69. The lowest BCUT2D eigenvalue weighted by Gasteiger charge is -2.14. The summed E-state index contributed by atoms with van der Waals surface area (Å²) in [5, 5.41) is 5.74. The van der Waals surface area contributed by atoms with Crippen LogP contribution in [0.4, 0.5) is 10.5 Å². The second-order valence-corrected chi connectivity index (χ2v) is 5.73. The molecule has 0 aliphatic carbocycles. The molecule has 126 valence electrons. The number of carbonyl (C=O) groups excluding carboxylic acids is 1. The first kappa shape index (κ1) is 16.3. The number of hydrogen-bond acceptors (Lipinski definition) is 3. The van der Waals surface area contributed by atoms with Gasteiger partial charge in [-0.1, -0.05) is 36.4 Å². The molecule has 0 aromatic heterocycles. The molecular weight excluding hydrogens is 304 g/mol. The highest BCUT2D eigenvalue weighted by Crippen LogP contribution is 2.18. The van der Waals surface area contributed by atoms with Gasteiger partial charge in [0.25, 0.3) is 0 Å². The number of para-hydroxylation sites is 2. The zero-order chi connectivity index (χ0) is 16.6. The van der Waals surface area contributed by atoms with Gasteiger partial charge in [0.15, 0.2) is 0 Å². The van der Waals surface area contributed by atoms with Gasteiger partial charge in [0.2, 0.25) is 0 Å². The highest BCUT2D eigenvalue weighted by Gasteiger charge is 2.16. The molecule has 1 aliphatic heterocycles. The van der Waals surface area contributed by atoms with Crippen molar-refractivity contribution in [2.75, 3.05) is 18.5 Å². The molecule has 1 atom stereocenters. The van der Waals surface area contributed by atoms with E-state index in [1.165, 1.54) is 0 Å². The zero-order valence-corrected chi connectivity index (χ0v) is 13.5. The zero-order valence-electron chi connectivity index (χ0n) is 13.5. The van der Waals surface area contributed by atoms with E-state index in [1.54, 1.807) is 0 Å². The maximum absolute atomic E-state index is 12.1. The van der Waals surface area contributed by atoms with E-state index < -0.39 is 0 Å². The van der Waals surface area contributed by atoms with Crippen molar-refractivity contribution in [2.45, 2.75) is 25.6 Å². The van der Waals surface area contributed by atoms with Gasteiger partial charge in [-0.25, -0.2) is 4.79 Å². The molecule has 2 aromatic carbocycles. The minimum absolute atomic E-state index is 0.132. The van der Waals surface area contributed by atoms with Crippen molar-refractivity contribution < 1.29 is 14.3 Å². The molecule has 2 N–H and O–H groups in total. The Morgan fingerprint density at radius 1 is 1.12 bits per heavy atom. The molecule has 1 unspecified atom stereocenters. The van der Waals surface area contributed by atoms with Gasteiger partial charge in [0.1, 0.15) is 12.4 Å². The molecule has 1 saturated heterocycles. The van der Waals surface area contributed by atoms with Crippen LogP contribution in [0, 0.1) is 0 Å². The summed E-state index contributed by atoms with van der Waals surface area (Å²) in [6.45, 7) is 1.72. The molecule has 2 aromatic rings. The Hall–Kier alpha value is -2.53. The second-order valence-electron chi connectivity index (χ2n) is 5.73. The molecule has 0 bridgehead atoms. The number of amides is 2. The van der Waals surface area contributed by atoms with E-state index in [0.29, 0.717) is 13.2 Å². The quantitative estimate of drug-likeness (QED) is 0.853. The summed E-state index contributed by atoms with van der Waals surface area (Å²) < 4.78 is 11.3. The summed E-state index contributed by atoms with van der Waals surface area (Å²) >= 11 is 0. The van der Waals surface area contributed by atoms with E-state index in [2.05, 4.69) is 10.6 Å². The number of benzene rings is 2. The molecule has 0 saturated carbocycles. The van der Waals surface area contributed by atoms with Crippen LogP contribution in [0.5, 0.6) is 5.75 Å². The van der Waals surface area contributed by atoms with Gasteiger partial charge < -0.3 is 20.1 Å². The summed E-state index contributed by atoms with van der Waals surface area (Å²) in [6, 6.07) is 17.0. The summed E-state index contributed by atoms with van der Waals surface area (Å²) in [4.78, 5) is 12.1. The maximum Gasteiger partial charge on any atom is 0.319 e. The molecule has 1 aliphatic rings. The molecule has 0 spiro atoms. The third kappa shape index (κ3) is 4.73. The van der Waals surface area contributed by atoms with Crippen LogP contribution >= 0.6 is 0 Å². The van der Waals surface area contributed by atoms with Crippen molar-refractivity contribution in [2.24, 2.45) is 0 Å². The van der Waals surface area contributed by atoms with E-state index >= 15 is 0 Å². The average molecular weight is 326 g/mol. The predicted molar refractivity (Wildman–Crippen MR) is 93.2 cm³/mol. The Balaban J connectivity index is 1.54. The fourth-order valence-corrected chi connectivity index (χ4v) is 2.62. The monoisotopic (exact) mass is 326 g/mol. The normalized spacial score (nSPS) is 16.6. The topological polar surface area (TPSA) is 59.6 Å². The molecule has 1 fully saturated rings. The van der Waals surface area contributed by atoms with E-state index in [-0.39, 0.29) is 12.1 Å². The molecular formula is C19H22N2O3. The number of rotatable bonds is 6. The third-order valence-electron chi connectivity index (χ3n) is 3.92. The van der Waals surface area contributed by atoms with Gasteiger partial charge in [0, 0.05) is 24.4 Å². The molecule has 5 heteroatoms. The summed E-state index contributed by atoms with van der Waals surface area (Å²) in [5.41, 5.74) is 1.67. The van der Waals surface area contributed by atoms with Crippen molar-refractivity contribution >= 4 is 11.7 Å². The van der Waals surface area contributed by atoms with E-state index in [1.807, 2.05) is 54.6 Å². The first-order valence-electron chi connectivity index (χ1n) is 8.23. The number of ether oxygens (including phenoxy) is 2. The number of carbonyl (C=O) groups is 1. The molecule has 2 amide bonds. The molecule has 3 rings (SSSR count). The lowest BCUT2D eigenvalue weighted by molar-refractivity contribution is 0.112. The van der Waals surface area contributed by atoms with Gasteiger partial charge >= 0.3 is 6.03 Å². The Bertz CT molecular complexity index is 655. The van der Waals surface area contributed by atoms with Crippen molar-refractivity contribution in [3.63, 3.8) is 0 Å². The van der Waals surface area contributed by atoms with Crippen LogP contribution in [0.1, 0.15) is 18.4 Å². The third-order valence-corrected chi connectivity index (χ3v) is 3.92. The largest absolute Gasteiger partial charge is 0.489 e. The summed E-state index contributed by atoms with van der Waals surface area (Å²) in [5.74, 6) is 0.801. The van der Waals surface area contributed by atoms with Crippen LogP contribution in [0.2, 0.25) is 0 Å². The van der Waals surface area contributed by atoms with Crippen LogP contribution in [0.15, 0.2) is 54.6 Å². The van der Waals surface area contributed by atoms with Crippen molar-refractivity contribution in [3.05, 3.63) is 60.2 Å². The average Bonchev–Trinajstić information content (AvgIpc) is 3.14. The Morgan fingerprint density at radius 3 is 2.71 bits per heavy atom. The van der Waals surface area contributed by atoms with Crippen LogP contribution < -0.4 is 15.4 Å². The van der Waals surface area contributed by atoms with E-state index in [9.17, 15) is 4.79 Å². The highest BCUT2D eigenvalue weighted by molar-refractivity contribution is 5.90. The fourth-order valence-electron chi connectivity index (χ4n) is 2.62. The summed E-state index contributed by atoms with van der Waals surface area (Å²) in [6.07, 6.45) is 2.20. The predicted octanol–water partition coefficient (Wildman–Crippen LogP) is 3.57. The van der Waals surface area contributed by atoms with E-state index in [4.69, 9.17) is 9.47 Å². The lowest BCUT2D eigenvalue weighted by atomic mass is 10.2. The van der Waals surface area contributed by atoms with Crippen LogP contribution in [-0.2, 0) is 11.3 Å². The summed E-state index contributed by atoms with van der Waals surface area (Å²) in [7, 11) is 0. The first-order chi connectivity index (χ1) is 11.8. The number of urea groups is 1. The van der Waals surface area contributed by atoms with Gasteiger partial charge in [-0.3, -0.25) is 0 Å². The van der Waals surface area contributed by atoms with Crippen molar-refractivity contribution in [1.82, 2.24) is 5.32 Å². The minimum atomic E-state index is -0.224. The molecule has 0 radical (unpaired) electrons. The van der Waals surface area contributed by atoms with Crippen molar-refractivity contribution in [3.8, 4) is 5.75 Å². The highest BCUT2D eigenvalue weighted by atomic mass is 16.5. The van der Waals surface area contributed by atoms with Gasteiger partial charge in [-0.15, -0.1) is 0 Å². The molecule has 5 nitrogen and oxygen atoms in total. The fraction of sp³-hybridized carbons (Fsp3) is 0.316. The smallest absolute Gasteiger partial charge is 0.319 e. The number of hydrogen-bond donors (Lipinski definition) is 2. The van der Waals surface area contributed by atoms with Crippen LogP contribution in [0.25, 0.3) is 0 Å². The van der Waals surface area contributed by atoms with Gasteiger partial charge in [-0.05, 0) is 31.0 Å².